The van der Waals surface area contributed by atoms with Crippen molar-refractivity contribution in [2.75, 3.05) is 6.61 Å². The summed E-state index contributed by atoms with van der Waals surface area (Å²) in [5.41, 5.74) is 3.52. The van der Waals surface area contributed by atoms with E-state index in [9.17, 15) is 19.8 Å². The predicted molar refractivity (Wildman–Crippen MR) is 140 cm³/mol. The number of benzene rings is 3. The van der Waals surface area contributed by atoms with E-state index in [2.05, 4.69) is 0 Å². The molecule has 0 radical (unpaired) electrons. The maximum atomic E-state index is 13.3. The standard InChI is InChI=1S/C28H25Cl2NO5/c1-4-36-23-13-17(8-10-22(23)32)25-24(26(33)18-7-9-20(29)21(30)12-18)27(34)28(35)31(25)14-19-11-15(2)5-6-16(19)3/h5-13,25,32-33H,4,14H2,1-3H3/b26-24-. The highest BCUT2D eigenvalue weighted by molar-refractivity contribution is 6.46. The summed E-state index contributed by atoms with van der Waals surface area (Å²) >= 11 is 12.2. The molecule has 3 aromatic rings. The molecule has 1 atom stereocenters. The van der Waals surface area contributed by atoms with Crippen LogP contribution in [0.25, 0.3) is 5.76 Å². The largest absolute Gasteiger partial charge is 0.507 e. The maximum Gasteiger partial charge on any atom is 0.295 e. The Bertz CT molecular complexity index is 1400. The predicted octanol–water partition coefficient (Wildman–Crippen LogP) is 6.34. The number of phenols is 1. The lowest BCUT2D eigenvalue weighted by molar-refractivity contribution is -0.140. The number of hydrogen-bond donors (Lipinski definition) is 2. The zero-order chi connectivity index (χ0) is 26.1. The molecule has 1 heterocycles. The summed E-state index contributed by atoms with van der Waals surface area (Å²) in [6.45, 7) is 6.12. The molecule has 0 aromatic heterocycles. The van der Waals surface area contributed by atoms with Gasteiger partial charge in [-0.25, -0.2) is 0 Å². The number of aliphatic hydroxyl groups is 1. The van der Waals surface area contributed by atoms with Gasteiger partial charge in [0.2, 0.25) is 0 Å². The molecule has 6 nitrogen and oxygen atoms in total. The first-order valence-corrected chi connectivity index (χ1v) is 12.1. The van der Waals surface area contributed by atoms with Crippen molar-refractivity contribution >= 4 is 40.7 Å². The molecule has 1 aliphatic heterocycles. The van der Waals surface area contributed by atoms with Crippen LogP contribution >= 0.6 is 23.2 Å². The zero-order valence-corrected chi connectivity index (χ0v) is 21.5. The zero-order valence-electron chi connectivity index (χ0n) is 20.0. The van der Waals surface area contributed by atoms with E-state index in [4.69, 9.17) is 27.9 Å². The van der Waals surface area contributed by atoms with Crippen LogP contribution in [-0.4, -0.2) is 33.4 Å². The number of ketones is 1. The smallest absolute Gasteiger partial charge is 0.295 e. The number of ether oxygens (including phenoxy) is 1. The van der Waals surface area contributed by atoms with Crippen molar-refractivity contribution in [3.63, 3.8) is 0 Å². The summed E-state index contributed by atoms with van der Waals surface area (Å²) in [6, 6.07) is 14.1. The molecule has 0 aliphatic carbocycles. The second-order valence-corrected chi connectivity index (χ2v) is 9.46. The van der Waals surface area contributed by atoms with E-state index >= 15 is 0 Å². The number of rotatable bonds is 6. The third kappa shape index (κ3) is 4.79. The van der Waals surface area contributed by atoms with E-state index in [0.717, 1.165) is 16.7 Å². The number of Topliss-reactive ketones (excluding diaryl/α,β-unsaturated/α-hetero) is 1. The summed E-state index contributed by atoms with van der Waals surface area (Å²) in [6.07, 6.45) is 0. The Morgan fingerprint density at radius 3 is 2.44 bits per heavy atom. The Morgan fingerprint density at radius 1 is 1.00 bits per heavy atom. The molecule has 0 bridgehead atoms. The number of phenolic OH excluding ortho intramolecular Hbond substituents is 1. The summed E-state index contributed by atoms with van der Waals surface area (Å²) in [5, 5.41) is 22.0. The van der Waals surface area contributed by atoms with E-state index in [1.165, 1.54) is 29.2 Å². The lowest BCUT2D eigenvalue weighted by Gasteiger charge is -2.26. The molecule has 3 aromatic carbocycles. The molecule has 2 N–H and O–H groups in total. The van der Waals surface area contributed by atoms with Crippen molar-refractivity contribution in [3.05, 3.63) is 98.0 Å². The second-order valence-electron chi connectivity index (χ2n) is 8.65. The van der Waals surface area contributed by atoms with E-state index in [1.54, 1.807) is 19.1 Å². The minimum Gasteiger partial charge on any atom is -0.507 e. The minimum absolute atomic E-state index is 0.0726. The van der Waals surface area contributed by atoms with Gasteiger partial charge in [0, 0.05) is 12.1 Å². The van der Waals surface area contributed by atoms with Gasteiger partial charge >= 0.3 is 0 Å². The van der Waals surface area contributed by atoms with E-state index in [0.29, 0.717) is 17.2 Å². The van der Waals surface area contributed by atoms with Crippen molar-refractivity contribution in [3.8, 4) is 11.5 Å². The Morgan fingerprint density at radius 2 is 1.75 bits per heavy atom. The van der Waals surface area contributed by atoms with Crippen molar-refractivity contribution in [1.29, 1.82) is 0 Å². The van der Waals surface area contributed by atoms with Crippen LogP contribution in [-0.2, 0) is 16.1 Å². The molecule has 8 heteroatoms. The van der Waals surface area contributed by atoms with Gasteiger partial charge in [-0.1, -0.05) is 53.0 Å². The monoisotopic (exact) mass is 525 g/mol. The molecule has 0 saturated carbocycles. The highest BCUT2D eigenvalue weighted by Crippen LogP contribution is 2.43. The summed E-state index contributed by atoms with van der Waals surface area (Å²) in [4.78, 5) is 28.1. The number of carbonyl (C=O) groups is 2. The number of nitrogens with zero attached hydrogens (tertiary/aromatic N) is 1. The Labute approximate surface area is 219 Å². The quantitative estimate of drug-likeness (QED) is 0.223. The molecule has 1 saturated heterocycles. The number of carbonyl (C=O) groups excluding carboxylic acids is 2. The van der Waals surface area contributed by atoms with Crippen LogP contribution in [0.1, 0.15) is 40.8 Å². The molecular formula is C28H25Cl2NO5. The number of aromatic hydroxyl groups is 1. The van der Waals surface area contributed by atoms with Gasteiger partial charge < -0.3 is 19.8 Å². The molecular weight excluding hydrogens is 501 g/mol. The normalized spacial score (nSPS) is 17.0. The molecule has 1 aliphatic rings. The van der Waals surface area contributed by atoms with Crippen LogP contribution in [0.2, 0.25) is 10.0 Å². The molecule has 1 fully saturated rings. The third-order valence-electron chi connectivity index (χ3n) is 6.18. The first-order chi connectivity index (χ1) is 17.1. The maximum absolute atomic E-state index is 13.3. The van der Waals surface area contributed by atoms with E-state index < -0.39 is 17.7 Å². The minimum atomic E-state index is -0.931. The van der Waals surface area contributed by atoms with Gasteiger partial charge in [0.25, 0.3) is 11.7 Å². The van der Waals surface area contributed by atoms with Crippen LogP contribution in [0.4, 0.5) is 0 Å². The average Bonchev–Trinajstić information content (AvgIpc) is 3.09. The van der Waals surface area contributed by atoms with Crippen molar-refractivity contribution in [2.24, 2.45) is 0 Å². The highest BCUT2D eigenvalue weighted by Gasteiger charge is 2.46. The SMILES string of the molecule is CCOc1cc(C2/C(=C(/O)c3ccc(Cl)c(Cl)c3)C(=O)C(=O)N2Cc2cc(C)ccc2C)ccc1O. The Hall–Kier alpha value is -3.48. The van der Waals surface area contributed by atoms with Gasteiger partial charge in [0.15, 0.2) is 11.5 Å². The first-order valence-electron chi connectivity index (χ1n) is 11.4. The fraction of sp³-hybridized carbons (Fsp3) is 0.214. The van der Waals surface area contributed by atoms with Crippen molar-refractivity contribution in [1.82, 2.24) is 4.90 Å². The number of aryl methyl sites for hydroxylation is 2. The summed E-state index contributed by atoms with van der Waals surface area (Å²) in [7, 11) is 0. The lowest BCUT2D eigenvalue weighted by Crippen LogP contribution is -2.29. The number of amides is 1. The van der Waals surface area contributed by atoms with Gasteiger partial charge in [-0.05, 0) is 67.8 Å². The molecule has 186 valence electrons. The fourth-order valence-corrected chi connectivity index (χ4v) is 4.61. The molecule has 4 rings (SSSR count). The molecule has 1 amide bonds. The average molecular weight is 526 g/mol. The van der Waals surface area contributed by atoms with Gasteiger partial charge in [0.1, 0.15) is 5.76 Å². The summed E-state index contributed by atoms with van der Waals surface area (Å²) in [5.74, 6) is -1.79. The van der Waals surface area contributed by atoms with Crippen LogP contribution in [0.15, 0.2) is 60.2 Å². The fourth-order valence-electron chi connectivity index (χ4n) is 4.31. The van der Waals surface area contributed by atoms with Crippen LogP contribution in [0, 0.1) is 13.8 Å². The van der Waals surface area contributed by atoms with Crippen LogP contribution in [0.3, 0.4) is 0 Å². The first kappa shape index (κ1) is 25.6. The molecule has 36 heavy (non-hydrogen) atoms. The lowest BCUT2D eigenvalue weighted by atomic mass is 9.94. The van der Waals surface area contributed by atoms with Crippen molar-refractivity contribution in [2.45, 2.75) is 33.4 Å². The third-order valence-corrected chi connectivity index (χ3v) is 6.92. The van der Waals surface area contributed by atoms with Gasteiger partial charge in [-0.15, -0.1) is 0 Å². The Kier molecular flexibility index (Phi) is 7.29. The number of aliphatic hydroxyl groups excluding tert-OH is 1. The second kappa shape index (κ2) is 10.2. The summed E-state index contributed by atoms with van der Waals surface area (Å²) < 4.78 is 5.54. The van der Waals surface area contributed by atoms with Crippen LogP contribution in [0.5, 0.6) is 11.5 Å². The highest BCUT2D eigenvalue weighted by atomic mass is 35.5. The van der Waals surface area contributed by atoms with E-state index in [-0.39, 0.29) is 40.0 Å². The van der Waals surface area contributed by atoms with Gasteiger partial charge in [0.05, 0.1) is 28.3 Å². The van der Waals surface area contributed by atoms with E-state index in [1.807, 2.05) is 32.0 Å². The van der Waals surface area contributed by atoms with Crippen LogP contribution < -0.4 is 4.74 Å². The number of likely N-dealkylation sites (tertiary alicyclic amines) is 1. The Balaban J connectivity index is 1.92. The van der Waals surface area contributed by atoms with Gasteiger partial charge in [-0.3, -0.25) is 9.59 Å². The number of hydrogen-bond acceptors (Lipinski definition) is 5. The van der Waals surface area contributed by atoms with Gasteiger partial charge in [-0.2, -0.15) is 0 Å². The number of halogens is 2. The van der Waals surface area contributed by atoms with Crippen molar-refractivity contribution < 1.29 is 24.5 Å². The molecule has 1 unspecified atom stereocenters. The topological polar surface area (TPSA) is 87.1 Å². The molecule has 0 spiro atoms.